The quantitative estimate of drug-likeness (QED) is 0.522. The molecule has 4 rings (SSSR count). The molecule has 2 aromatic rings. The van der Waals surface area contributed by atoms with Crippen molar-refractivity contribution >= 4 is 11.8 Å². The molecule has 0 aliphatic heterocycles. The monoisotopic (exact) mass is 382 g/mol. The lowest BCUT2D eigenvalue weighted by atomic mass is 9.68. The average Bonchev–Trinajstić information content (AvgIpc) is 3.06. The molecule has 3 nitrogen and oxygen atoms in total. The molecule has 0 unspecified atom stereocenters. The van der Waals surface area contributed by atoms with E-state index in [2.05, 4.69) is 52.0 Å². The second-order valence-corrected chi connectivity index (χ2v) is 10.5. The van der Waals surface area contributed by atoms with Gasteiger partial charge in [-0.1, -0.05) is 76.6 Å². The van der Waals surface area contributed by atoms with Crippen LogP contribution in [0.15, 0.2) is 34.2 Å². The minimum atomic E-state index is -0.00642. The summed E-state index contributed by atoms with van der Waals surface area (Å²) >= 11 is 1.71. The smallest absolute Gasteiger partial charge is 0.258 e. The lowest BCUT2D eigenvalue weighted by Gasteiger charge is -2.36. The van der Waals surface area contributed by atoms with Crippen molar-refractivity contribution < 1.29 is 0 Å². The Labute approximate surface area is 166 Å². The normalized spacial score (nSPS) is 17.6. The summed E-state index contributed by atoms with van der Waals surface area (Å²) in [7, 11) is 0. The van der Waals surface area contributed by atoms with Crippen LogP contribution in [0.25, 0.3) is 11.3 Å². The Balaban J connectivity index is 2.01. The summed E-state index contributed by atoms with van der Waals surface area (Å²) < 4.78 is 1.97. The predicted molar refractivity (Wildman–Crippen MR) is 114 cm³/mol. The van der Waals surface area contributed by atoms with E-state index in [1.54, 1.807) is 11.8 Å². The van der Waals surface area contributed by atoms with E-state index >= 15 is 0 Å². The molecule has 0 N–H and O–H groups in total. The highest BCUT2D eigenvalue weighted by molar-refractivity contribution is 7.99. The van der Waals surface area contributed by atoms with Gasteiger partial charge >= 0.3 is 0 Å². The topological polar surface area (TPSA) is 34.9 Å². The third kappa shape index (κ3) is 3.26. The molecule has 0 saturated heterocycles. The van der Waals surface area contributed by atoms with E-state index < -0.39 is 0 Å². The number of nitrogens with zero attached hydrogens (tertiary/aromatic N) is 2. The first-order valence-corrected chi connectivity index (χ1v) is 11.2. The van der Waals surface area contributed by atoms with Crippen molar-refractivity contribution in [1.82, 2.24) is 9.55 Å². The summed E-state index contributed by atoms with van der Waals surface area (Å²) in [6, 6.07) is 8.58. The van der Waals surface area contributed by atoms with Crippen LogP contribution in [0.3, 0.4) is 0 Å². The number of benzene rings is 1. The Bertz CT molecular complexity index is 907. The van der Waals surface area contributed by atoms with Crippen LogP contribution in [0.1, 0.15) is 64.5 Å². The molecule has 1 heterocycles. The maximum atomic E-state index is 13.8. The van der Waals surface area contributed by atoms with Gasteiger partial charge in [0.05, 0.1) is 11.3 Å². The maximum Gasteiger partial charge on any atom is 0.258 e. The fourth-order valence-electron chi connectivity index (χ4n) is 4.87. The van der Waals surface area contributed by atoms with Crippen molar-refractivity contribution in [2.75, 3.05) is 0 Å². The molecule has 0 amide bonds. The third-order valence-corrected chi connectivity index (χ3v) is 6.91. The van der Waals surface area contributed by atoms with Crippen molar-refractivity contribution in [3.63, 3.8) is 0 Å². The molecule has 4 heteroatoms. The maximum absolute atomic E-state index is 13.8. The van der Waals surface area contributed by atoms with Crippen LogP contribution in [0.5, 0.6) is 0 Å². The molecule has 1 aromatic heterocycles. The van der Waals surface area contributed by atoms with E-state index in [0.717, 1.165) is 42.2 Å². The van der Waals surface area contributed by atoms with Gasteiger partial charge in [-0.05, 0) is 30.7 Å². The largest absolute Gasteiger partial charge is 0.287 e. The van der Waals surface area contributed by atoms with E-state index in [1.807, 2.05) is 4.57 Å². The zero-order valence-electron chi connectivity index (χ0n) is 16.9. The molecule has 2 aliphatic rings. The van der Waals surface area contributed by atoms with Crippen LogP contribution >= 0.6 is 11.8 Å². The summed E-state index contributed by atoms with van der Waals surface area (Å²) in [5, 5.41) is 1.28. The van der Waals surface area contributed by atoms with E-state index in [9.17, 15) is 4.79 Å². The van der Waals surface area contributed by atoms with Crippen LogP contribution in [-0.4, -0.2) is 14.8 Å². The number of aromatic nitrogens is 2. The second-order valence-electron chi connectivity index (χ2n) is 8.92. The minimum Gasteiger partial charge on any atom is -0.287 e. The first-order chi connectivity index (χ1) is 12.9. The average molecular weight is 383 g/mol. The molecule has 27 heavy (non-hydrogen) atoms. The van der Waals surface area contributed by atoms with E-state index in [1.165, 1.54) is 24.0 Å². The highest BCUT2D eigenvalue weighted by Gasteiger charge is 2.44. The summed E-state index contributed by atoms with van der Waals surface area (Å²) in [5.41, 5.74) is 4.71. The molecule has 1 saturated carbocycles. The first kappa shape index (κ1) is 18.8. The Morgan fingerprint density at radius 1 is 1.15 bits per heavy atom. The van der Waals surface area contributed by atoms with Gasteiger partial charge in [0.25, 0.3) is 5.56 Å². The molecular formula is C23H30N2OS. The fourth-order valence-corrected chi connectivity index (χ4v) is 5.72. The molecular weight excluding hydrogens is 352 g/mol. The van der Waals surface area contributed by atoms with Crippen LogP contribution in [0, 0.1) is 5.92 Å². The highest BCUT2D eigenvalue weighted by atomic mass is 32.2. The van der Waals surface area contributed by atoms with Gasteiger partial charge < -0.3 is 0 Å². The van der Waals surface area contributed by atoms with E-state index in [-0.39, 0.29) is 11.0 Å². The Hall–Kier alpha value is -1.55. The highest BCUT2D eigenvalue weighted by Crippen LogP contribution is 2.50. The summed E-state index contributed by atoms with van der Waals surface area (Å²) in [6.45, 7) is 9.43. The second kappa shape index (κ2) is 7.12. The standard InChI is InChI=1S/C23H30N2OS/c1-15(2)14-25-21(26)19-20(24-22(25)27-16(3)4)18-10-6-5-9-17(18)13-23(19)11-7-8-12-23/h5-6,9-10,15-16H,7-8,11-14H2,1-4H3. The van der Waals surface area contributed by atoms with Crippen molar-refractivity contribution in [3.8, 4) is 11.3 Å². The lowest BCUT2D eigenvalue weighted by molar-refractivity contribution is 0.404. The van der Waals surface area contributed by atoms with Crippen LogP contribution in [0.2, 0.25) is 0 Å². The first-order valence-electron chi connectivity index (χ1n) is 10.3. The molecule has 1 fully saturated rings. The zero-order chi connectivity index (χ0) is 19.2. The van der Waals surface area contributed by atoms with E-state index in [4.69, 9.17) is 4.98 Å². The van der Waals surface area contributed by atoms with Gasteiger partial charge in [-0.25, -0.2) is 4.98 Å². The number of rotatable bonds is 4. The van der Waals surface area contributed by atoms with Crippen molar-refractivity contribution in [3.05, 3.63) is 45.7 Å². The molecule has 0 radical (unpaired) electrons. The van der Waals surface area contributed by atoms with Gasteiger partial charge in [0.1, 0.15) is 0 Å². The van der Waals surface area contributed by atoms with Crippen molar-refractivity contribution in [2.45, 2.75) is 82.2 Å². The predicted octanol–water partition coefficient (Wildman–Crippen LogP) is 5.43. The molecule has 0 bridgehead atoms. The van der Waals surface area contributed by atoms with Gasteiger partial charge in [-0.15, -0.1) is 0 Å². The van der Waals surface area contributed by atoms with Crippen LogP contribution in [-0.2, 0) is 18.4 Å². The summed E-state index contributed by atoms with van der Waals surface area (Å²) in [6.07, 6.45) is 5.65. The molecule has 144 valence electrons. The van der Waals surface area contributed by atoms with Gasteiger partial charge in [-0.2, -0.15) is 0 Å². The number of hydrogen-bond donors (Lipinski definition) is 0. The number of fused-ring (bicyclic) bond motifs is 4. The van der Waals surface area contributed by atoms with Crippen molar-refractivity contribution in [1.29, 1.82) is 0 Å². The minimum absolute atomic E-state index is 0.00642. The van der Waals surface area contributed by atoms with Gasteiger partial charge in [0.15, 0.2) is 5.16 Å². The molecule has 1 aromatic carbocycles. The Morgan fingerprint density at radius 2 is 1.85 bits per heavy atom. The SMILES string of the molecule is CC(C)Cn1c(SC(C)C)nc2c(c1=O)C1(CCCC1)Cc1ccccc1-2. The summed E-state index contributed by atoms with van der Waals surface area (Å²) in [5.74, 6) is 0.421. The number of hydrogen-bond acceptors (Lipinski definition) is 3. The summed E-state index contributed by atoms with van der Waals surface area (Å²) in [4.78, 5) is 19.0. The van der Waals surface area contributed by atoms with Crippen LogP contribution < -0.4 is 5.56 Å². The van der Waals surface area contributed by atoms with Crippen LogP contribution in [0.4, 0.5) is 0 Å². The lowest BCUT2D eigenvalue weighted by Crippen LogP contribution is -2.41. The molecule has 2 aliphatic carbocycles. The van der Waals surface area contributed by atoms with Gasteiger partial charge in [-0.3, -0.25) is 9.36 Å². The fraction of sp³-hybridized carbons (Fsp3) is 0.565. The molecule has 1 spiro atoms. The zero-order valence-corrected chi connectivity index (χ0v) is 17.7. The Morgan fingerprint density at radius 3 is 2.52 bits per heavy atom. The van der Waals surface area contributed by atoms with Gasteiger partial charge in [0.2, 0.25) is 0 Å². The van der Waals surface area contributed by atoms with Gasteiger partial charge in [0, 0.05) is 22.8 Å². The Kier molecular flexibility index (Phi) is 4.96. The number of thioether (sulfide) groups is 1. The molecule has 0 atom stereocenters. The van der Waals surface area contributed by atoms with E-state index in [0.29, 0.717) is 11.2 Å². The third-order valence-electron chi connectivity index (χ3n) is 5.92. The van der Waals surface area contributed by atoms with Crippen molar-refractivity contribution in [2.24, 2.45) is 5.92 Å².